The summed E-state index contributed by atoms with van der Waals surface area (Å²) in [5.74, 6) is 0.472. The molecule has 6 nitrogen and oxygen atoms in total. The summed E-state index contributed by atoms with van der Waals surface area (Å²) in [6, 6.07) is 23.6. The Morgan fingerprint density at radius 2 is 1.51 bits per heavy atom. The minimum Gasteiger partial charge on any atom is -0.494 e. The third-order valence-electron chi connectivity index (χ3n) is 6.23. The van der Waals surface area contributed by atoms with Crippen LogP contribution in [-0.4, -0.2) is 24.6 Å². The molecule has 1 atom stereocenters. The monoisotopic (exact) mass is 495 g/mol. The van der Waals surface area contributed by atoms with Crippen LogP contribution in [0.4, 0.5) is 0 Å². The number of esters is 2. The van der Waals surface area contributed by atoms with Crippen LogP contribution in [0.25, 0.3) is 11.1 Å². The molecule has 0 aliphatic carbocycles. The maximum atomic E-state index is 12.5. The quantitative estimate of drug-likeness (QED) is 0.128. The van der Waals surface area contributed by atoms with Gasteiger partial charge in [0.15, 0.2) is 0 Å². The van der Waals surface area contributed by atoms with E-state index in [4.69, 9.17) is 19.5 Å². The molecule has 6 heteroatoms. The van der Waals surface area contributed by atoms with Crippen molar-refractivity contribution in [1.29, 1.82) is 5.26 Å². The Morgan fingerprint density at radius 1 is 0.892 bits per heavy atom. The van der Waals surface area contributed by atoms with Crippen molar-refractivity contribution in [3.63, 3.8) is 0 Å². The first-order chi connectivity index (χ1) is 18.0. The van der Waals surface area contributed by atoms with Crippen molar-refractivity contribution in [2.24, 2.45) is 0 Å². The lowest BCUT2D eigenvalue weighted by atomic mass is 10.0. The summed E-state index contributed by atoms with van der Waals surface area (Å²) in [6.07, 6.45) is 5.57. The number of carbonyl (C=O) groups excluding carboxylic acids is 2. The van der Waals surface area contributed by atoms with Crippen LogP contribution in [0.15, 0.2) is 84.9 Å². The van der Waals surface area contributed by atoms with Crippen LogP contribution in [0.1, 0.15) is 54.4 Å². The summed E-state index contributed by atoms with van der Waals surface area (Å²) in [7, 11) is 0. The molecule has 3 aromatic carbocycles. The number of unbranched alkanes of at least 4 members (excludes halogenated alkanes) is 3. The average Bonchev–Trinajstić information content (AvgIpc) is 3.25. The van der Waals surface area contributed by atoms with Crippen molar-refractivity contribution in [2.45, 2.75) is 44.6 Å². The topological polar surface area (TPSA) is 85.6 Å². The molecular weight excluding hydrogens is 466 g/mol. The molecule has 0 bridgehead atoms. The highest BCUT2D eigenvalue weighted by Gasteiger charge is 2.26. The number of benzene rings is 3. The van der Waals surface area contributed by atoms with Crippen molar-refractivity contribution in [2.75, 3.05) is 6.61 Å². The van der Waals surface area contributed by atoms with Crippen LogP contribution in [0, 0.1) is 11.3 Å². The molecule has 0 saturated carbocycles. The van der Waals surface area contributed by atoms with Gasteiger partial charge in [-0.25, -0.2) is 9.59 Å². The number of nitrogens with zero attached hydrogens (tertiary/aromatic N) is 1. The number of rotatable bonds is 11. The van der Waals surface area contributed by atoms with Gasteiger partial charge in [0.05, 0.1) is 23.8 Å². The predicted octanol–water partition coefficient (Wildman–Crippen LogP) is 6.65. The smallest absolute Gasteiger partial charge is 0.343 e. The lowest BCUT2D eigenvalue weighted by molar-refractivity contribution is -0.139. The van der Waals surface area contributed by atoms with Gasteiger partial charge in [-0.2, -0.15) is 5.26 Å². The standard InChI is InChI=1S/C31H29NO5/c1-22-20-29(37-30(22)33)6-4-2-3-5-19-35-27-15-13-26(14-16-27)31(34)36-28-17-11-25(12-18-28)24-9-7-23(21-32)8-10-24/h7-18,29H,1-6,19-20H2. The van der Waals surface area contributed by atoms with E-state index in [9.17, 15) is 9.59 Å². The summed E-state index contributed by atoms with van der Waals surface area (Å²) >= 11 is 0. The zero-order valence-corrected chi connectivity index (χ0v) is 20.7. The maximum Gasteiger partial charge on any atom is 0.343 e. The Kier molecular flexibility index (Phi) is 8.72. The first kappa shape index (κ1) is 25.7. The molecule has 0 spiro atoms. The number of hydrogen-bond acceptors (Lipinski definition) is 6. The Bertz CT molecular complexity index is 1260. The van der Waals surface area contributed by atoms with Gasteiger partial charge in [-0.15, -0.1) is 0 Å². The third-order valence-corrected chi connectivity index (χ3v) is 6.23. The Labute approximate surface area is 217 Å². The molecule has 1 saturated heterocycles. The number of nitriles is 1. The second kappa shape index (κ2) is 12.5. The van der Waals surface area contributed by atoms with E-state index in [1.165, 1.54) is 0 Å². The van der Waals surface area contributed by atoms with Crippen LogP contribution in [0.2, 0.25) is 0 Å². The van der Waals surface area contributed by atoms with Gasteiger partial charge in [-0.05, 0) is 78.9 Å². The van der Waals surface area contributed by atoms with E-state index in [0.717, 1.165) is 43.2 Å². The zero-order chi connectivity index (χ0) is 26.0. The van der Waals surface area contributed by atoms with E-state index in [2.05, 4.69) is 12.6 Å². The molecule has 188 valence electrons. The Morgan fingerprint density at radius 3 is 2.14 bits per heavy atom. The summed E-state index contributed by atoms with van der Waals surface area (Å²) in [6.45, 7) is 4.31. The fourth-order valence-corrected chi connectivity index (χ4v) is 4.12. The van der Waals surface area contributed by atoms with E-state index < -0.39 is 5.97 Å². The number of carbonyl (C=O) groups is 2. The molecule has 1 aliphatic rings. The SMILES string of the molecule is C=C1CC(CCCCCCOc2ccc(C(=O)Oc3ccc(-c4ccc(C#N)cc4)cc3)cc2)OC1=O. The molecule has 37 heavy (non-hydrogen) atoms. The number of cyclic esters (lactones) is 1. The van der Waals surface area contributed by atoms with E-state index >= 15 is 0 Å². The fourth-order valence-electron chi connectivity index (χ4n) is 4.12. The third kappa shape index (κ3) is 7.31. The average molecular weight is 496 g/mol. The predicted molar refractivity (Wildman–Crippen MR) is 140 cm³/mol. The normalized spacial score (nSPS) is 14.6. The highest BCUT2D eigenvalue weighted by Crippen LogP contribution is 2.25. The molecule has 1 unspecified atom stereocenters. The molecular formula is C31H29NO5. The molecule has 3 aromatic rings. The highest BCUT2D eigenvalue weighted by molar-refractivity contribution is 5.91. The van der Waals surface area contributed by atoms with Crippen LogP contribution in [0.3, 0.4) is 0 Å². The van der Waals surface area contributed by atoms with Crippen molar-refractivity contribution in [3.05, 3.63) is 96.1 Å². The van der Waals surface area contributed by atoms with Gasteiger partial charge in [0.1, 0.15) is 17.6 Å². The first-order valence-corrected chi connectivity index (χ1v) is 12.5. The van der Waals surface area contributed by atoms with Gasteiger partial charge in [0.25, 0.3) is 0 Å². The zero-order valence-electron chi connectivity index (χ0n) is 20.7. The molecule has 0 radical (unpaired) electrons. The van der Waals surface area contributed by atoms with Crippen LogP contribution >= 0.6 is 0 Å². The molecule has 0 amide bonds. The fraction of sp³-hybridized carbons (Fsp3) is 0.258. The van der Waals surface area contributed by atoms with Crippen molar-refractivity contribution in [1.82, 2.24) is 0 Å². The summed E-state index contributed by atoms with van der Waals surface area (Å²) in [5, 5.41) is 8.93. The van der Waals surface area contributed by atoms with E-state index in [1.807, 2.05) is 24.3 Å². The molecule has 0 aromatic heterocycles. The van der Waals surface area contributed by atoms with Gasteiger partial charge < -0.3 is 14.2 Å². The number of hydrogen-bond donors (Lipinski definition) is 0. The molecule has 4 rings (SSSR count). The van der Waals surface area contributed by atoms with Crippen LogP contribution in [0.5, 0.6) is 11.5 Å². The Balaban J connectivity index is 1.15. The summed E-state index contributed by atoms with van der Waals surface area (Å²) in [5.41, 5.74) is 3.58. The van der Waals surface area contributed by atoms with Crippen LogP contribution < -0.4 is 9.47 Å². The van der Waals surface area contributed by atoms with Gasteiger partial charge >= 0.3 is 11.9 Å². The van der Waals surface area contributed by atoms with E-state index in [0.29, 0.717) is 41.2 Å². The van der Waals surface area contributed by atoms with E-state index in [-0.39, 0.29) is 12.1 Å². The lowest BCUT2D eigenvalue weighted by Gasteiger charge is -2.09. The van der Waals surface area contributed by atoms with E-state index in [1.54, 1.807) is 48.5 Å². The number of ether oxygens (including phenoxy) is 3. The second-order valence-corrected chi connectivity index (χ2v) is 9.01. The maximum absolute atomic E-state index is 12.5. The van der Waals surface area contributed by atoms with Crippen LogP contribution in [-0.2, 0) is 9.53 Å². The van der Waals surface area contributed by atoms with Gasteiger partial charge in [0.2, 0.25) is 0 Å². The minimum atomic E-state index is -0.436. The molecule has 1 heterocycles. The minimum absolute atomic E-state index is 0.00489. The Hall–Kier alpha value is -4.37. The molecule has 1 aliphatic heterocycles. The van der Waals surface area contributed by atoms with Crippen molar-refractivity contribution in [3.8, 4) is 28.7 Å². The van der Waals surface area contributed by atoms with Crippen molar-refractivity contribution < 1.29 is 23.8 Å². The first-order valence-electron chi connectivity index (χ1n) is 12.5. The highest BCUT2D eigenvalue weighted by atomic mass is 16.6. The second-order valence-electron chi connectivity index (χ2n) is 9.01. The molecule has 1 fully saturated rings. The molecule has 0 N–H and O–H groups in total. The largest absolute Gasteiger partial charge is 0.494 e. The summed E-state index contributed by atoms with van der Waals surface area (Å²) in [4.78, 5) is 23.9. The summed E-state index contributed by atoms with van der Waals surface area (Å²) < 4.78 is 16.5. The lowest BCUT2D eigenvalue weighted by Crippen LogP contribution is -2.08. The van der Waals surface area contributed by atoms with Gasteiger partial charge in [-0.1, -0.05) is 43.7 Å². The van der Waals surface area contributed by atoms with Crippen molar-refractivity contribution >= 4 is 11.9 Å². The van der Waals surface area contributed by atoms with Gasteiger partial charge in [0, 0.05) is 12.0 Å². The van der Waals surface area contributed by atoms with Gasteiger partial charge in [-0.3, -0.25) is 0 Å².